The van der Waals surface area contributed by atoms with Crippen LogP contribution in [0.15, 0.2) is 36.9 Å². The van der Waals surface area contributed by atoms with Crippen LogP contribution in [0.3, 0.4) is 0 Å². The van der Waals surface area contributed by atoms with E-state index in [1.54, 1.807) is 11.0 Å². The molecule has 2 N–H and O–H groups in total. The van der Waals surface area contributed by atoms with Crippen molar-refractivity contribution in [1.29, 1.82) is 0 Å². The molecule has 1 atom stereocenters. The molecule has 1 aromatic carbocycles. The Morgan fingerprint density at radius 1 is 1.29 bits per heavy atom. The summed E-state index contributed by atoms with van der Waals surface area (Å²) >= 11 is 0. The maximum Gasteiger partial charge on any atom is 0.221 e. The number of hydrogen-bond donors (Lipinski definition) is 2. The summed E-state index contributed by atoms with van der Waals surface area (Å²) in [6.07, 6.45) is 6.04. The number of nitrogens with zero attached hydrogens (tertiary/aromatic N) is 3. The van der Waals surface area contributed by atoms with E-state index in [2.05, 4.69) is 26.8 Å². The number of hydrogen-bond acceptors (Lipinski definition) is 4. The van der Waals surface area contributed by atoms with Crippen molar-refractivity contribution in [2.75, 3.05) is 6.54 Å². The van der Waals surface area contributed by atoms with E-state index in [4.69, 9.17) is 0 Å². The number of rotatable bonds is 6. The SMILES string of the molecule is Cl.Cl.O=C(CC1CCCN1)NCc1ccccc1Cn1cncn1. The van der Waals surface area contributed by atoms with Crippen LogP contribution in [0.25, 0.3) is 0 Å². The maximum absolute atomic E-state index is 12.0. The monoisotopic (exact) mass is 371 g/mol. The van der Waals surface area contributed by atoms with Crippen LogP contribution in [-0.2, 0) is 17.9 Å². The highest BCUT2D eigenvalue weighted by Crippen LogP contribution is 2.11. The molecule has 3 rings (SSSR count). The molecular formula is C16H23Cl2N5O. The van der Waals surface area contributed by atoms with Crippen molar-refractivity contribution in [1.82, 2.24) is 25.4 Å². The zero-order valence-corrected chi connectivity index (χ0v) is 15.0. The lowest BCUT2D eigenvalue weighted by Crippen LogP contribution is -2.31. The number of nitrogens with one attached hydrogen (secondary N) is 2. The molecule has 24 heavy (non-hydrogen) atoms. The van der Waals surface area contributed by atoms with E-state index in [0.29, 0.717) is 25.6 Å². The molecule has 0 aliphatic carbocycles. The van der Waals surface area contributed by atoms with Gasteiger partial charge in [-0.3, -0.25) is 4.79 Å². The number of amides is 1. The van der Waals surface area contributed by atoms with Gasteiger partial charge in [0.05, 0.1) is 6.54 Å². The number of aromatic nitrogens is 3. The lowest BCUT2D eigenvalue weighted by molar-refractivity contribution is -0.121. The van der Waals surface area contributed by atoms with Gasteiger partial charge in [-0.1, -0.05) is 24.3 Å². The molecule has 0 saturated carbocycles. The topological polar surface area (TPSA) is 71.8 Å². The highest BCUT2D eigenvalue weighted by Gasteiger charge is 2.17. The Morgan fingerprint density at radius 3 is 2.75 bits per heavy atom. The molecule has 2 heterocycles. The van der Waals surface area contributed by atoms with Crippen LogP contribution in [-0.4, -0.2) is 33.3 Å². The Morgan fingerprint density at radius 2 is 2.08 bits per heavy atom. The maximum atomic E-state index is 12.0. The van der Waals surface area contributed by atoms with Gasteiger partial charge in [0.1, 0.15) is 12.7 Å². The minimum atomic E-state index is 0. The predicted molar refractivity (Wildman–Crippen MR) is 97.6 cm³/mol. The molecule has 1 amide bonds. The van der Waals surface area contributed by atoms with Crippen molar-refractivity contribution >= 4 is 30.7 Å². The molecule has 0 bridgehead atoms. The van der Waals surface area contributed by atoms with Crippen molar-refractivity contribution in [3.05, 3.63) is 48.0 Å². The lowest BCUT2D eigenvalue weighted by Gasteiger charge is -2.13. The highest BCUT2D eigenvalue weighted by atomic mass is 35.5. The van der Waals surface area contributed by atoms with Crippen LogP contribution in [0.1, 0.15) is 30.4 Å². The second-order valence-corrected chi connectivity index (χ2v) is 5.64. The normalized spacial score (nSPS) is 16.1. The van der Waals surface area contributed by atoms with Gasteiger partial charge in [-0.15, -0.1) is 24.8 Å². The zero-order chi connectivity index (χ0) is 15.2. The van der Waals surface area contributed by atoms with Gasteiger partial charge >= 0.3 is 0 Å². The minimum Gasteiger partial charge on any atom is -0.352 e. The molecule has 1 fully saturated rings. The average molecular weight is 372 g/mol. The summed E-state index contributed by atoms with van der Waals surface area (Å²) in [6.45, 7) is 2.24. The smallest absolute Gasteiger partial charge is 0.221 e. The molecule has 1 aromatic heterocycles. The van der Waals surface area contributed by atoms with Crippen LogP contribution in [0.2, 0.25) is 0 Å². The summed E-state index contributed by atoms with van der Waals surface area (Å²) in [5, 5.41) is 10.5. The predicted octanol–water partition coefficient (Wildman–Crippen LogP) is 1.93. The first-order valence-corrected chi connectivity index (χ1v) is 7.70. The van der Waals surface area contributed by atoms with E-state index in [1.165, 1.54) is 12.7 Å². The third-order valence-electron chi connectivity index (χ3n) is 3.99. The minimum absolute atomic E-state index is 0. The van der Waals surface area contributed by atoms with Crippen LogP contribution < -0.4 is 10.6 Å². The summed E-state index contributed by atoms with van der Waals surface area (Å²) in [5.41, 5.74) is 2.26. The molecule has 2 aromatic rings. The average Bonchev–Trinajstić information content (AvgIpc) is 3.20. The van der Waals surface area contributed by atoms with Gasteiger partial charge in [-0.05, 0) is 30.5 Å². The molecule has 0 spiro atoms. The van der Waals surface area contributed by atoms with Gasteiger partial charge in [-0.25, -0.2) is 9.67 Å². The molecule has 8 heteroatoms. The first-order chi connectivity index (χ1) is 10.8. The van der Waals surface area contributed by atoms with Gasteiger partial charge in [0.15, 0.2) is 0 Å². The number of benzene rings is 1. The van der Waals surface area contributed by atoms with E-state index < -0.39 is 0 Å². The molecule has 0 radical (unpaired) electrons. The fraction of sp³-hybridized carbons (Fsp3) is 0.438. The standard InChI is InChI=1S/C16H21N5O.2ClH/c22-16(8-15-6-3-7-18-15)19-9-13-4-1-2-5-14(13)10-21-12-17-11-20-21;;/h1-2,4-5,11-12,15,18H,3,6-10H2,(H,19,22);2*1H. The van der Waals surface area contributed by atoms with Gasteiger partial charge < -0.3 is 10.6 Å². The van der Waals surface area contributed by atoms with Gasteiger partial charge in [0, 0.05) is 19.0 Å². The Labute approximate surface area is 154 Å². The third-order valence-corrected chi connectivity index (χ3v) is 3.99. The van der Waals surface area contributed by atoms with E-state index >= 15 is 0 Å². The fourth-order valence-electron chi connectivity index (χ4n) is 2.79. The Bertz CT molecular complexity index is 615. The molecular weight excluding hydrogens is 349 g/mol. The first-order valence-electron chi connectivity index (χ1n) is 7.70. The second kappa shape index (κ2) is 10.3. The summed E-state index contributed by atoms with van der Waals surface area (Å²) in [6, 6.07) is 8.43. The van der Waals surface area contributed by atoms with Crippen molar-refractivity contribution in [2.24, 2.45) is 0 Å². The van der Waals surface area contributed by atoms with Crippen molar-refractivity contribution in [3.8, 4) is 0 Å². The van der Waals surface area contributed by atoms with Crippen LogP contribution in [0.4, 0.5) is 0 Å². The Kier molecular flexibility index (Phi) is 8.74. The van der Waals surface area contributed by atoms with Gasteiger partial charge in [0.25, 0.3) is 0 Å². The number of halogens is 2. The van der Waals surface area contributed by atoms with Gasteiger partial charge in [-0.2, -0.15) is 5.10 Å². The fourth-order valence-corrected chi connectivity index (χ4v) is 2.79. The molecule has 1 unspecified atom stereocenters. The summed E-state index contributed by atoms with van der Waals surface area (Å²) in [7, 11) is 0. The lowest BCUT2D eigenvalue weighted by atomic mass is 10.1. The van der Waals surface area contributed by atoms with Gasteiger partial charge in [0.2, 0.25) is 5.91 Å². The first kappa shape index (κ1) is 20.4. The molecule has 1 saturated heterocycles. The number of carbonyl (C=O) groups is 1. The third kappa shape index (κ3) is 5.78. The Balaban J connectivity index is 0.00000144. The van der Waals surface area contributed by atoms with Crippen molar-refractivity contribution < 1.29 is 4.79 Å². The van der Waals surface area contributed by atoms with E-state index in [-0.39, 0.29) is 30.7 Å². The van der Waals surface area contributed by atoms with Crippen LogP contribution in [0, 0.1) is 0 Å². The highest BCUT2D eigenvalue weighted by molar-refractivity contribution is 5.85. The largest absolute Gasteiger partial charge is 0.352 e. The quantitative estimate of drug-likeness (QED) is 0.813. The van der Waals surface area contributed by atoms with E-state index in [1.807, 2.05) is 18.2 Å². The second-order valence-electron chi connectivity index (χ2n) is 5.64. The van der Waals surface area contributed by atoms with Crippen molar-refractivity contribution in [2.45, 2.75) is 38.4 Å². The zero-order valence-electron chi connectivity index (χ0n) is 13.4. The Hall–Kier alpha value is -1.63. The molecule has 1 aliphatic rings. The molecule has 6 nitrogen and oxygen atoms in total. The molecule has 132 valence electrons. The molecule has 1 aliphatic heterocycles. The van der Waals surface area contributed by atoms with Crippen LogP contribution in [0.5, 0.6) is 0 Å². The van der Waals surface area contributed by atoms with E-state index in [0.717, 1.165) is 24.1 Å². The van der Waals surface area contributed by atoms with Crippen LogP contribution >= 0.6 is 24.8 Å². The number of carbonyl (C=O) groups excluding carboxylic acids is 1. The van der Waals surface area contributed by atoms with E-state index in [9.17, 15) is 4.79 Å². The summed E-state index contributed by atoms with van der Waals surface area (Å²) < 4.78 is 1.78. The van der Waals surface area contributed by atoms with Crippen molar-refractivity contribution in [3.63, 3.8) is 0 Å². The summed E-state index contributed by atoms with van der Waals surface area (Å²) in [5.74, 6) is 0.106. The summed E-state index contributed by atoms with van der Waals surface area (Å²) in [4.78, 5) is 16.0.